The van der Waals surface area contributed by atoms with Crippen LogP contribution in [0.5, 0.6) is 0 Å². The summed E-state index contributed by atoms with van der Waals surface area (Å²) in [5, 5.41) is 22.5. The summed E-state index contributed by atoms with van der Waals surface area (Å²) in [6, 6.07) is 0. The molecule has 0 aliphatic heterocycles. The molecule has 0 heterocycles. The third kappa shape index (κ3) is 44.2. The molecule has 0 unspecified atom stereocenters. The van der Waals surface area contributed by atoms with E-state index < -0.39 is 12.1 Å². The van der Waals surface area contributed by atoms with E-state index in [-0.39, 0.29) is 52.6 Å². The quantitative estimate of drug-likeness (QED) is 0.252. The third-order valence-electron chi connectivity index (χ3n) is 3.99. The first-order chi connectivity index (χ1) is 11.5. The van der Waals surface area contributed by atoms with E-state index in [2.05, 4.69) is 6.92 Å². The summed E-state index contributed by atoms with van der Waals surface area (Å²) in [6.07, 6.45) is 18.4. The fourth-order valence-electron chi connectivity index (χ4n) is 2.65. The SMILES string of the molecule is CCCCCCCCCCCCCCCCCC(=O)O.O=C(O)O.[MgH2].[NaH]. The summed E-state index contributed by atoms with van der Waals surface area (Å²) < 4.78 is 0. The fourth-order valence-corrected chi connectivity index (χ4v) is 2.65. The molecule has 0 radical (unpaired) electrons. The number of rotatable bonds is 16. The molecule has 0 spiro atoms. The fraction of sp³-hybridized carbons (Fsp3) is 0.895. The number of carbonyl (C=O) groups is 2. The normalized spacial score (nSPS) is 9.27. The Labute approximate surface area is 198 Å². The van der Waals surface area contributed by atoms with Crippen LogP contribution >= 0.6 is 0 Å². The van der Waals surface area contributed by atoms with E-state index in [0.29, 0.717) is 6.42 Å². The molecule has 3 N–H and O–H groups in total. The van der Waals surface area contributed by atoms with Gasteiger partial charge >= 0.3 is 64.7 Å². The van der Waals surface area contributed by atoms with Crippen LogP contribution in [0, 0.1) is 0 Å². The van der Waals surface area contributed by atoms with Crippen molar-refractivity contribution in [3.05, 3.63) is 0 Å². The van der Waals surface area contributed by atoms with Crippen LogP contribution in [0.25, 0.3) is 0 Å². The number of hydrogen-bond donors (Lipinski definition) is 3. The van der Waals surface area contributed by atoms with E-state index in [9.17, 15) is 4.79 Å². The molecule has 0 fully saturated rings. The van der Waals surface area contributed by atoms with Crippen LogP contribution in [0.1, 0.15) is 110 Å². The van der Waals surface area contributed by atoms with Crippen molar-refractivity contribution in [2.75, 3.05) is 0 Å². The molecule has 0 aromatic rings. The average Bonchev–Trinajstić information content (AvgIpc) is 2.50. The van der Waals surface area contributed by atoms with Gasteiger partial charge in [0.25, 0.3) is 0 Å². The molecule has 26 heavy (non-hydrogen) atoms. The summed E-state index contributed by atoms with van der Waals surface area (Å²) in [4.78, 5) is 18.9. The van der Waals surface area contributed by atoms with Crippen LogP contribution in [0.15, 0.2) is 0 Å². The minimum atomic E-state index is -1.83. The van der Waals surface area contributed by atoms with Crippen molar-refractivity contribution in [2.24, 2.45) is 0 Å². The van der Waals surface area contributed by atoms with Gasteiger partial charge in [0.2, 0.25) is 0 Å². The number of aliphatic carboxylic acids is 1. The third-order valence-corrected chi connectivity index (χ3v) is 3.99. The molecule has 0 amide bonds. The van der Waals surface area contributed by atoms with E-state index >= 15 is 0 Å². The zero-order valence-corrected chi connectivity index (χ0v) is 15.5. The van der Waals surface area contributed by atoms with Gasteiger partial charge in [-0.2, -0.15) is 0 Å². The Bertz CT molecular complexity index is 287. The van der Waals surface area contributed by atoms with Crippen LogP contribution in [0.3, 0.4) is 0 Å². The van der Waals surface area contributed by atoms with Gasteiger partial charge in [-0.1, -0.05) is 96.8 Å². The Balaban J connectivity index is -0.000000363. The summed E-state index contributed by atoms with van der Waals surface area (Å²) in [6.45, 7) is 2.27. The molecular formula is C19H41MgNaO5. The topological polar surface area (TPSA) is 94.8 Å². The molecule has 0 aliphatic rings. The second kappa shape index (κ2) is 30.2. The monoisotopic (exact) mass is 396 g/mol. The van der Waals surface area contributed by atoms with Crippen LogP contribution in [0.4, 0.5) is 4.79 Å². The predicted octanol–water partition coefficient (Wildman–Crippen LogP) is 4.99. The number of carboxylic acids is 1. The number of carboxylic acid groups (broad SMARTS) is 3. The van der Waals surface area contributed by atoms with Gasteiger partial charge in [0.15, 0.2) is 0 Å². The van der Waals surface area contributed by atoms with Crippen molar-refractivity contribution >= 4 is 64.7 Å². The molecule has 0 atom stereocenters. The summed E-state index contributed by atoms with van der Waals surface area (Å²) in [7, 11) is 0. The molecule has 7 heteroatoms. The van der Waals surface area contributed by atoms with Gasteiger partial charge in [0, 0.05) is 6.42 Å². The Kier molecular flexibility index (Phi) is 39.6. The molecule has 150 valence electrons. The van der Waals surface area contributed by atoms with Crippen LogP contribution < -0.4 is 0 Å². The Morgan fingerprint density at radius 3 is 1.04 bits per heavy atom. The Morgan fingerprint density at radius 1 is 0.577 bits per heavy atom. The van der Waals surface area contributed by atoms with E-state index in [1.807, 2.05) is 0 Å². The van der Waals surface area contributed by atoms with Gasteiger partial charge in [-0.3, -0.25) is 4.79 Å². The van der Waals surface area contributed by atoms with Crippen molar-refractivity contribution < 1.29 is 24.9 Å². The standard InChI is InChI=1S/C18H36O2.CH2O3.Mg.Na.3H/c1-2-3-4-5-6-7-8-9-10-11-12-13-14-15-16-17-18(19)20;2-1(3)4;;;;;/h2-17H2,1H3,(H,19,20);(H2,2,3,4);;;;;. The van der Waals surface area contributed by atoms with Gasteiger partial charge in [0.1, 0.15) is 0 Å². The number of hydrogen-bond acceptors (Lipinski definition) is 2. The molecular weight excluding hydrogens is 355 g/mol. The van der Waals surface area contributed by atoms with Crippen LogP contribution in [-0.2, 0) is 4.79 Å². The van der Waals surface area contributed by atoms with Crippen molar-refractivity contribution in [1.29, 1.82) is 0 Å². The first kappa shape index (κ1) is 34.0. The van der Waals surface area contributed by atoms with E-state index in [1.54, 1.807) is 0 Å². The summed E-state index contributed by atoms with van der Waals surface area (Å²) in [5.74, 6) is -0.653. The molecule has 0 aromatic heterocycles. The van der Waals surface area contributed by atoms with E-state index in [0.717, 1.165) is 12.8 Å². The maximum atomic E-state index is 10.3. The molecule has 5 nitrogen and oxygen atoms in total. The predicted molar refractivity (Wildman–Crippen MR) is 114 cm³/mol. The Hall–Kier alpha value is 0.506. The average molecular weight is 397 g/mol. The molecule has 0 saturated carbocycles. The second-order valence-electron chi connectivity index (χ2n) is 6.38. The van der Waals surface area contributed by atoms with Gasteiger partial charge in [-0.15, -0.1) is 0 Å². The van der Waals surface area contributed by atoms with Crippen molar-refractivity contribution in [3.8, 4) is 0 Å². The molecule has 0 rings (SSSR count). The minimum absolute atomic E-state index is 0. The first-order valence-electron chi connectivity index (χ1n) is 9.64. The maximum absolute atomic E-state index is 10.3. The zero-order valence-electron chi connectivity index (χ0n) is 15.5. The zero-order chi connectivity index (χ0) is 18.5. The van der Waals surface area contributed by atoms with E-state index in [1.165, 1.54) is 83.5 Å². The van der Waals surface area contributed by atoms with Crippen molar-refractivity contribution in [3.63, 3.8) is 0 Å². The summed E-state index contributed by atoms with van der Waals surface area (Å²) in [5.41, 5.74) is 0. The van der Waals surface area contributed by atoms with Crippen LogP contribution in [-0.4, -0.2) is 80.1 Å². The van der Waals surface area contributed by atoms with Crippen molar-refractivity contribution in [2.45, 2.75) is 110 Å². The molecule has 0 bridgehead atoms. The molecule has 0 saturated heterocycles. The van der Waals surface area contributed by atoms with Crippen molar-refractivity contribution in [1.82, 2.24) is 0 Å². The first-order valence-corrected chi connectivity index (χ1v) is 9.64. The second-order valence-corrected chi connectivity index (χ2v) is 6.38. The Morgan fingerprint density at radius 2 is 0.808 bits per heavy atom. The van der Waals surface area contributed by atoms with Gasteiger partial charge in [-0.25, -0.2) is 4.79 Å². The number of unbranched alkanes of at least 4 members (excludes halogenated alkanes) is 14. The van der Waals surface area contributed by atoms with Crippen LogP contribution in [0.2, 0.25) is 0 Å². The van der Waals surface area contributed by atoms with E-state index in [4.69, 9.17) is 20.1 Å². The van der Waals surface area contributed by atoms with Gasteiger partial charge in [-0.05, 0) is 6.42 Å². The molecule has 0 aromatic carbocycles. The van der Waals surface area contributed by atoms with Gasteiger partial charge in [0.05, 0.1) is 0 Å². The molecule has 0 aliphatic carbocycles. The van der Waals surface area contributed by atoms with Gasteiger partial charge < -0.3 is 15.3 Å². The summed E-state index contributed by atoms with van der Waals surface area (Å²) >= 11 is 0.